The molecule has 6 heteroatoms. The SMILES string of the molecule is O=C(CCN1CCOCC1)c1ccc(-c2ccc(C(=O)CCN3CCOCC3)cc2)cc1. The maximum atomic E-state index is 12.5. The number of hydrogen-bond donors (Lipinski definition) is 0. The summed E-state index contributed by atoms with van der Waals surface area (Å²) < 4.78 is 10.7. The van der Waals surface area contributed by atoms with Gasteiger partial charge in [-0.3, -0.25) is 19.4 Å². The summed E-state index contributed by atoms with van der Waals surface area (Å²) >= 11 is 0. The van der Waals surface area contributed by atoms with Gasteiger partial charge in [-0.2, -0.15) is 0 Å². The molecule has 2 aliphatic rings. The summed E-state index contributed by atoms with van der Waals surface area (Å²) in [5.41, 5.74) is 3.58. The van der Waals surface area contributed by atoms with Crippen molar-refractivity contribution in [1.29, 1.82) is 0 Å². The van der Waals surface area contributed by atoms with Gasteiger partial charge in [0, 0.05) is 63.2 Å². The van der Waals surface area contributed by atoms with Gasteiger partial charge in [0.15, 0.2) is 11.6 Å². The van der Waals surface area contributed by atoms with Crippen LogP contribution >= 0.6 is 0 Å². The quantitative estimate of drug-likeness (QED) is 0.563. The van der Waals surface area contributed by atoms with Crippen molar-refractivity contribution in [2.75, 3.05) is 65.7 Å². The minimum absolute atomic E-state index is 0.171. The lowest BCUT2D eigenvalue weighted by molar-refractivity contribution is 0.0370. The van der Waals surface area contributed by atoms with E-state index in [2.05, 4.69) is 9.80 Å². The zero-order valence-corrected chi connectivity index (χ0v) is 18.6. The number of hydrogen-bond acceptors (Lipinski definition) is 6. The van der Waals surface area contributed by atoms with Gasteiger partial charge in [0.1, 0.15) is 0 Å². The number of Topliss-reactive ketones (excluding diaryl/α,β-unsaturated/α-hetero) is 2. The van der Waals surface area contributed by atoms with Crippen molar-refractivity contribution in [3.05, 3.63) is 59.7 Å². The monoisotopic (exact) mass is 436 g/mol. The second-order valence-electron chi connectivity index (χ2n) is 8.41. The van der Waals surface area contributed by atoms with Gasteiger partial charge in [0.25, 0.3) is 0 Å². The van der Waals surface area contributed by atoms with Crippen molar-refractivity contribution in [1.82, 2.24) is 9.80 Å². The standard InChI is InChI=1S/C26H32N2O4/c29-25(9-11-27-13-17-31-18-14-27)23-5-1-21(2-6-23)22-3-7-24(8-4-22)26(30)10-12-28-15-19-32-20-16-28/h1-8H,9-20H2. The third-order valence-electron chi connectivity index (χ3n) is 6.26. The van der Waals surface area contributed by atoms with Gasteiger partial charge < -0.3 is 9.47 Å². The van der Waals surface area contributed by atoms with E-state index in [0.29, 0.717) is 12.8 Å². The summed E-state index contributed by atoms with van der Waals surface area (Å²) in [5, 5.41) is 0. The van der Waals surface area contributed by atoms with E-state index >= 15 is 0 Å². The lowest BCUT2D eigenvalue weighted by Gasteiger charge is -2.26. The lowest BCUT2D eigenvalue weighted by atomic mass is 9.99. The zero-order valence-electron chi connectivity index (χ0n) is 18.6. The Labute approximate surface area is 190 Å². The summed E-state index contributed by atoms with van der Waals surface area (Å²) in [4.78, 5) is 29.6. The van der Waals surface area contributed by atoms with Crippen LogP contribution in [-0.4, -0.2) is 87.1 Å². The van der Waals surface area contributed by atoms with Gasteiger partial charge >= 0.3 is 0 Å². The van der Waals surface area contributed by atoms with Crippen LogP contribution in [0.4, 0.5) is 0 Å². The fourth-order valence-electron chi connectivity index (χ4n) is 4.15. The van der Waals surface area contributed by atoms with E-state index in [1.807, 2.05) is 48.5 Å². The van der Waals surface area contributed by atoms with Crippen LogP contribution in [-0.2, 0) is 9.47 Å². The lowest BCUT2D eigenvalue weighted by Crippen LogP contribution is -2.37. The molecule has 0 amide bonds. The zero-order chi connectivity index (χ0) is 22.2. The van der Waals surface area contributed by atoms with Crippen LogP contribution in [0, 0.1) is 0 Å². The molecule has 0 bridgehead atoms. The molecule has 2 aromatic carbocycles. The summed E-state index contributed by atoms with van der Waals surface area (Å²) in [6, 6.07) is 15.5. The predicted molar refractivity (Wildman–Crippen MR) is 124 cm³/mol. The number of rotatable bonds is 9. The Hall–Kier alpha value is -2.38. The maximum absolute atomic E-state index is 12.5. The molecule has 170 valence electrons. The fourth-order valence-corrected chi connectivity index (χ4v) is 4.15. The molecule has 0 spiro atoms. The second-order valence-corrected chi connectivity index (χ2v) is 8.41. The summed E-state index contributed by atoms with van der Waals surface area (Å²) in [6.45, 7) is 8.17. The van der Waals surface area contributed by atoms with Crippen molar-refractivity contribution in [2.24, 2.45) is 0 Å². The van der Waals surface area contributed by atoms with E-state index in [4.69, 9.17) is 9.47 Å². The Morgan fingerprint density at radius 3 is 1.28 bits per heavy atom. The van der Waals surface area contributed by atoms with Crippen LogP contribution in [0.15, 0.2) is 48.5 Å². The molecule has 0 N–H and O–H groups in total. The van der Waals surface area contributed by atoms with E-state index in [1.54, 1.807) is 0 Å². The highest BCUT2D eigenvalue weighted by molar-refractivity contribution is 5.97. The molecule has 0 aliphatic carbocycles. The number of nitrogens with zero attached hydrogens (tertiary/aromatic N) is 2. The van der Waals surface area contributed by atoms with Gasteiger partial charge in [0.2, 0.25) is 0 Å². The molecule has 0 saturated carbocycles. The largest absolute Gasteiger partial charge is 0.379 e. The van der Waals surface area contributed by atoms with Crippen LogP contribution in [0.3, 0.4) is 0 Å². The molecule has 0 aromatic heterocycles. The normalized spacial score (nSPS) is 17.9. The molecule has 2 aliphatic heterocycles. The van der Waals surface area contributed by atoms with Crippen LogP contribution in [0.25, 0.3) is 11.1 Å². The van der Waals surface area contributed by atoms with Crippen molar-refractivity contribution in [3.8, 4) is 11.1 Å². The Bertz CT molecular complexity index is 808. The van der Waals surface area contributed by atoms with Gasteiger partial charge in [0.05, 0.1) is 26.4 Å². The highest BCUT2D eigenvalue weighted by Gasteiger charge is 2.14. The Kier molecular flexibility index (Phi) is 8.18. The third kappa shape index (κ3) is 6.33. The molecular weight excluding hydrogens is 404 g/mol. The average Bonchev–Trinajstić information content (AvgIpc) is 2.87. The number of ether oxygens (including phenoxy) is 2. The van der Waals surface area contributed by atoms with Gasteiger partial charge in [-0.05, 0) is 11.1 Å². The number of ketones is 2. The molecule has 0 atom stereocenters. The van der Waals surface area contributed by atoms with Crippen molar-refractivity contribution < 1.29 is 19.1 Å². The first-order chi connectivity index (χ1) is 15.7. The van der Waals surface area contributed by atoms with E-state index < -0.39 is 0 Å². The highest BCUT2D eigenvalue weighted by atomic mass is 16.5. The summed E-state index contributed by atoms with van der Waals surface area (Å²) in [7, 11) is 0. The maximum Gasteiger partial charge on any atom is 0.164 e. The molecule has 2 fully saturated rings. The summed E-state index contributed by atoms with van der Waals surface area (Å²) in [6.07, 6.45) is 1.06. The molecular formula is C26H32N2O4. The number of morpholine rings is 2. The van der Waals surface area contributed by atoms with Crippen molar-refractivity contribution >= 4 is 11.6 Å². The molecule has 2 heterocycles. The van der Waals surface area contributed by atoms with E-state index in [1.165, 1.54) is 0 Å². The van der Waals surface area contributed by atoms with Crippen molar-refractivity contribution in [2.45, 2.75) is 12.8 Å². The molecule has 0 radical (unpaired) electrons. The molecule has 2 aromatic rings. The summed E-state index contributed by atoms with van der Waals surface area (Å²) in [5.74, 6) is 0.341. The molecule has 2 saturated heterocycles. The van der Waals surface area contributed by atoms with E-state index in [-0.39, 0.29) is 11.6 Å². The smallest absolute Gasteiger partial charge is 0.164 e. The predicted octanol–water partition coefficient (Wildman–Crippen LogP) is 3.16. The first-order valence-electron chi connectivity index (χ1n) is 11.6. The third-order valence-corrected chi connectivity index (χ3v) is 6.26. The van der Waals surface area contributed by atoms with E-state index in [9.17, 15) is 9.59 Å². The van der Waals surface area contributed by atoms with Crippen LogP contribution in [0.5, 0.6) is 0 Å². The van der Waals surface area contributed by atoms with Crippen LogP contribution < -0.4 is 0 Å². The first-order valence-corrected chi connectivity index (χ1v) is 11.6. The number of benzene rings is 2. The van der Waals surface area contributed by atoms with Crippen LogP contribution in [0.2, 0.25) is 0 Å². The molecule has 6 nitrogen and oxygen atoms in total. The topological polar surface area (TPSA) is 59.1 Å². The van der Waals surface area contributed by atoms with Gasteiger partial charge in [-0.1, -0.05) is 48.5 Å². The van der Waals surface area contributed by atoms with E-state index in [0.717, 1.165) is 87.9 Å². The molecule has 0 unspecified atom stereocenters. The Balaban J connectivity index is 1.28. The average molecular weight is 437 g/mol. The van der Waals surface area contributed by atoms with Crippen molar-refractivity contribution in [3.63, 3.8) is 0 Å². The minimum Gasteiger partial charge on any atom is -0.379 e. The highest BCUT2D eigenvalue weighted by Crippen LogP contribution is 2.21. The van der Waals surface area contributed by atoms with Gasteiger partial charge in [-0.15, -0.1) is 0 Å². The second kappa shape index (κ2) is 11.5. The first kappa shape index (κ1) is 22.8. The number of carbonyl (C=O) groups excluding carboxylic acids is 2. The molecule has 32 heavy (non-hydrogen) atoms. The van der Waals surface area contributed by atoms with Crippen LogP contribution in [0.1, 0.15) is 33.6 Å². The Morgan fingerprint density at radius 1 is 0.594 bits per heavy atom. The molecule has 4 rings (SSSR count). The van der Waals surface area contributed by atoms with Gasteiger partial charge in [-0.25, -0.2) is 0 Å². The fraction of sp³-hybridized carbons (Fsp3) is 0.462. The number of carbonyl (C=O) groups is 2. The minimum atomic E-state index is 0.171. The Morgan fingerprint density at radius 2 is 0.938 bits per heavy atom.